The van der Waals surface area contributed by atoms with Gasteiger partial charge in [0.15, 0.2) is 5.78 Å². The molecule has 17 heavy (non-hydrogen) atoms. The number of hydrogen-bond acceptors (Lipinski definition) is 2. The molecule has 1 saturated carbocycles. The number of Topliss-reactive ketones (excluding diaryl/α,β-unsaturated/α-hetero) is 1. The van der Waals surface area contributed by atoms with E-state index in [4.69, 9.17) is 0 Å². The number of aliphatic hydroxyl groups is 1. The lowest BCUT2D eigenvalue weighted by atomic mass is 9.81. The van der Waals surface area contributed by atoms with Crippen molar-refractivity contribution in [2.45, 2.75) is 51.0 Å². The number of benzene rings is 1. The Morgan fingerprint density at radius 3 is 2.53 bits per heavy atom. The third-order valence-electron chi connectivity index (χ3n) is 3.65. The molecule has 0 radical (unpaired) electrons. The summed E-state index contributed by atoms with van der Waals surface area (Å²) < 4.78 is 0. The molecule has 1 aliphatic rings. The van der Waals surface area contributed by atoms with Gasteiger partial charge in [0.05, 0.1) is 0 Å². The summed E-state index contributed by atoms with van der Waals surface area (Å²) in [5, 5.41) is 9.45. The van der Waals surface area contributed by atoms with E-state index in [1.807, 2.05) is 24.3 Å². The van der Waals surface area contributed by atoms with E-state index in [2.05, 4.69) is 0 Å². The van der Waals surface area contributed by atoms with E-state index >= 15 is 0 Å². The van der Waals surface area contributed by atoms with E-state index in [-0.39, 0.29) is 5.78 Å². The zero-order chi connectivity index (χ0) is 12.3. The predicted octanol–water partition coefficient (Wildman–Crippen LogP) is 3.30. The lowest BCUT2D eigenvalue weighted by Gasteiger charge is -2.24. The normalized spacial score (nSPS) is 18.9. The third-order valence-corrected chi connectivity index (χ3v) is 3.65. The number of ketones is 1. The summed E-state index contributed by atoms with van der Waals surface area (Å²) in [5.41, 5.74) is 1.85. The summed E-state index contributed by atoms with van der Waals surface area (Å²) >= 11 is 0. The first-order chi connectivity index (χ1) is 8.20. The maximum Gasteiger partial charge on any atom is 0.191 e. The van der Waals surface area contributed by atoms with E-state index in [1.54, 1.807) is 6.92 Å². The first-order valence-electron chi connectivity index (χ1n) is 6.51. The van der Waals surface area contributed by atoms with E-state index in [1.165, 1.54) is 32.1 Å². The minimum atomic E-state index is -0.903. The number of hydrogen-bond donors (Lipinski definition) is 1. The van der Waals surface area contributed by atoms with Crippen LogP contribution in [0.15, 0.2) is 24.3 Å². The number of carbonyl (C=O) groups excluding carboxylic acids is 1. The molecule has 0 bridgehead atoms. The second kappa shape index (κ2) is 5.46. The fourth-order valence-electron chi connectivity index (χ4n) is 2.72. The summed E-state index contributed by atoms with van der Waals surface area (Å²) in [7, 11) is 0. The van der Waals surface area contributed by atoms with E-state index in [9.17, 15) is 9.90 Å². The first kappa shape index (κ1) is 12.3. The average Bonchev–Trinajstić information content (AvgIpc) is 2.39. The van der Waals surface area contributed by atoms with Gasteiger partial charge in [-0.3, -0.25) is 4.79 Å². The lowest BCUT2D eigenvalue weighted by Crippen LogP contribution is -2.19. The van der Waals surface area contributed by atoms with Crippen molar-refractivity contribution in [3.05, 3.63) is 35.4 Å². The average molecular weight is 232 g/mol. The highest BCUT2D eigenvalue weighted by atomic mass is 16.3. The molecule has 0 aliphatic heterocycles. The number of rotatable bonds is 3. The second-order valence-corrected chi connectivity index (χ2v) is 4.96. The molecule has 0 saturated heterocycles. The smallest absolute Gasteiger partial charge is 0.191 e. The molecular formula is C15H20O2. The largest absolute Gasteiger partial charge is 0.385 e. The van der Waals surface area contributed by atoms with Gasteiger partial charge in [-0.1, -0.05) is 43.5 Å². The van der Waals surface area contributed by atoms with Crippen LogP contribution in [0.3, 0.4) is 0 Å². The van der Waals surface area contributed by atoms with Gasteiger partial charge in [-0.15, -0.1) is 0 Å². The fraction of sp³-hybridized carbons (Fsp3) is 0.533. The molecule has 0 amide bonds. The van der Waals surface area contributed by atoms with Crippen LogP contribution in [-0.4, -0.2) is 17.0 Å². The highest BCUT2D eigenvalue weighted by Crippen LogP contribution is 2.34. The summed E-state index contributed by atoms with van der Waals surface area (Å²) in [6.07, 6.45) is 5.25. The summed E-state index contributed by atoms with van der Waals surface area (Å²) in [4.78, 5) is 12.0. The van der Waals surface area contributed by atoms with Crippen LogP contribution in [-0.2, 0) is 0 Å². The van der Waals surface area contributed by atoms with Gasteiger partial charge in [0.2, 0.25) is 0 Å². The van der Waals surface area contributed by atoms with Crippen molar-refractivity contribution in [3.8, 4) is 0 Å². The molecule has 1 aromatic carbocycles. The van der Waals surface area contributed by atoms with Gasteiger partial charge in [-0.05, 0) is 31.2 Å². The summed E-state index contributed by atoms with van der Waals surface area (Å²) in [6, 6.07) is 7.76. The Hall–Kier alpha value is -1.15. The van der Waals surface area contributed by atoms with Gasteiger partial charge in [-0.25, -0.2) is 0 Å². The molecule has 1 atom stereocenters. The van der Waals surface area contributed by atoms with E-state index in [0.29, 0.717) is 5.92 Å². The zero-order valence-electron chi connectivity index (χ0n) is 10.4. The number of aliphatic hydroxyl groups excluding tert-OH is 1. The minimum Gasteiger partial charge on any atom is -0.385 e. The van der Waals surface area contributed by atoms with Crippen molar-refractivity contribution in [1.82, 2.24) is 0 Å². The van der Waals surface area contributed by atoms with E-state index in [0.717, 1.165) is 11.1 Å². The van der Waals surface area contributed by atoms with Crippen molar-refractivity contribution in [3.63, 3.8) is 0 Å². The predicted molar refractivity (Wildman–Crippen MR) is 68.3 cm³/mol. The van der Waals surface area contributed by atoms with Crippen LogP contribution in [0.2, 0.25) is 0 Å². The van der Waals surface area contributed by atoms with E-state index < -0.39 is 6.10 Å². The molecular weight excluding hydrogens is 212 g/mol. The highest BCUT2D eigenvalue weighted by molar-refractivity contribution is 6.00. The Bertz CT molecular complexity index is 390. The Morgan fingerprint density at radius 2 is 1.88 bits per heavy atom. The third kappa shape index (κ3) is 2.75. The van der Waals surface area contributed by atoms with Crippen molar-refractivity contribution >= 4 is 5.78 Å². The minimum absolute atomic E-state index is 0.147. The van der Waals surface area contributed by atoms with Gasteiger partial charge in [-0.2, -0.15) is 0 Å². The molecule has 1 aliphatic carbocycles. The quantitative estimate of drug-likeness (QED) is 0.812. The maximum atomic E-state index is 12.0. The van der Waals surface area contributed by atoms with Crippen molar-refractivity contribution in [2.75, 3.05) is 0 Å². The molecule has 1 aromatic rings. The summed E-state index contributed by atoms with van der Waals surface area (Å²) in [5.74, 6) is 0.355. The van der Waals surface area contributed by atoms with Gasteiger partial charge in [0.25, 0.3) is 0 Å². The molecule has 0 spiro atoms. The fourth-order valence-corrected chi connectivity index (χ4v) is 2.72. The molecule has 2 nitrogen and oxygen atoms in total. The van der Waals surface area contributed by atoms with Crippen LogP contribution in [0.5, 0.6) is 0 Å². The van der Waals surface area contributed by atoms with Crippen LogP contribution in [0.4, 0.5) is 0 Å². The van der Waals surface area contributed by atoms with Crippen molar-refractivity contribution < 1.29 is 9.90 Å². The first-order valence-corrected chi connectivity index (χ1v) is 6.51. The van der Waals surface area contributed by atoms with Gasteiger partial charge in [0.1, 0.15) is 6.10 Å². The maximum absolute atomic E-state index is 12.0. The molecule has 0 aromatic heterocycles. The Kier molecular flexibility index (Phi) is 3.95. The molecule has 92 valence electrons. The molecule has 0 heterocycles. The Labute approximate surface area is 103 Å². The highest BCUT2D eigenvalue weighted by Gasteiger charge is 2.22. The standard InChI is InChI=1S/C15H20O2/c1-11(16)15(17)14-10-6-5-9-13(14)12-7-3-2-4-8-12/h5-6,9-12,16H,2-4,7-8H2,1H3. The molecule has 1 unspecified atom stereocenters. The lowest BCUT2D eigenvalue weighted by molar-refractivity contribution is 0.0777. The van der Waals surface area contributed by atoms with Crippen LogP contribution in [0, 0.1) is 0 Å². The Morgan fingerprint density at radius 1 is 1.24 bits per heavy atom. The topological polar surface area (TPSA) is 37.3 Å². The van der Waals surface area contributed by atoms with Crippen LogP contribution in [0.25, 0.3) is 0 Å². The van der Waals surface area contributed by atoms with Crippen LogP contribution in [0.1, 0.15) is 60.9 Å². The van der Waals surface area contributed by atoms with Crippen LogP contribution < -0.4 is 0 Å². The Balaban J connectivity index is 2.29. The number of carbonyl (C=O) groups is 1. The zero-order valence-corrected chi connectivity index (χ0v) is 10.4. The van der Waals surface area contributed by atoms with Gasteiger partial charge in [0, 0.05) is 5.56 Å². The van der Waals surface area contributed by atoms with Crippen molar-refractivity contribution in [1.29, 1.82) is 0 Å². The van der Waals surface area contributed by atoms with Crippen molar-refractivity contribution in [2.24, 2.45) is 0 Å². The molecule has 1 N–H and O–H groups in total. The van der Waals surface area contributed by atoms with Gasteiger partial charge < -0.3 is 5.11 Å². The molecule has 2 heteroatoms. The SMILES string of the molecule is CC(O)C(=O)c1ccccc1C1CCCCC1. The molecule has 1 fully saturated rings. The van der Waals surface area contributed by atoms with Gasteiger partial charge >= 0.3 is 0 Å². The van der Waals surface area contributed by atoms with Crippen LogP contribution >= 0.6 is 0 Å². The monoisotopic (exact) mass is 232 g/mol. The summed E-state index contributed by atoms with van der Waals surface area (Å²) in [6.45, 7) is 1.54. The second-order valence-electron chi connectivity index (χ2n) is 4.96. The molecule has 2 rings (SSSR count).